The van der Waals surface area contributed by atoms with Crippen molar-refractivity contribution in [2.24, 2.45) is 22.7 Å². The first-order valence-electron chi connectivity index (χ1n) is 6.66. The summed E-state index contributed by atoms with van der Waals surface area (Å²) in [6.07, 6.45) is 8.91. The molecular formula is C15H24O. The van der Waals surface area contributed by atoms with Crippen LogP contribution in [0, 0.1) is 22.7 Å². The van der Waals surface area contributed by atoms with Gasteiger partial charge in [-0.1, -0.05) is 39.8 Å². The van der Waals surface area contributed by atoms with Crippen molar-refractivity contribution in [2.75, 3.05) is 0 Å². The van der Waals surface area contributed by atoms with Gasteiger partial charge in [0.1, 0.15) is 5.78 Å². The van der Waals surface area contributed by atoms with E-state index in [2.05, 4.69) is 39.8 Å². The molecule has 1 fully saturated rings. The van der Waals surface area contributed by atoms with E-state index < -0.39 is 0 Å². The molecule has 2 aliphatic carbocycles. The summed E-state index contributed by atoms with van der Waals surface area (Å²) in [5.41, 5.74) is -0.226. The predicted octanol–water partition coefficient (Wildman–Crippen LogP) is 3.98. The van der Waals surface area contributed by atoms with Crippen molar-refractivity contribution in [3.63, 3.8) is 0 Å². The number of carbonyl (C=O) groups excluding carboxylic acids is 1. The highest BCUT2D eigenvalue weighted by atomic mass is 16.1. The number of rotatable bonds is 1. The number of Topliss-reactive ketones (excluding diaryl/α,β-unsaturated/α-hetero) is 1. The summed E-state index contributed by atoms with van der Waals surface area (Å²) < 4.78 is 0. The van der Waals surface area contributed by atoms with Crippen molar-refractivity contribution in [3.8, 4) is 0 Å². The van der Waals surface area contributed by atoms with Gasteiger partial charge in [0.05, 0.1) is 0 Å². The molecule has 1 nitrogen and oxygen atoms in total. The van der Waals surface area contributed by atoms with E-state index in [-0.39, 0.29) is 10.8 Å². The van der Waals surface area contributed by atoms with Crippen molar-refractivity contribution in [1.29, 1.82) is 0 Å². The van der Waals surface area contributed by atoms with Gasteiger partial charge in [0.25, 0.3) is 0 Å². The van der Waals surface area contributed by atoms with E-state index in [4.69, 9.17) is 0 Å². The zero-order valence-electron chi connectivity index (χ0n) is 11.0. The number of carbonyl (C=O) groups is 1. The lowest BCUT2D eigenvalue weighted by Crippen LogP contribution is -2.44. The topological polar surface area (TPSA) is 17.1 Å². The number of ketones is 1. The highest BCUT2D eigenvalue weighted by Gasteiger charge is 2.55. The quantitative estimate of drug-likeness (QED) is 0.611. The number of hydrogen-bond donors (Lipinski definition) is 0. The Morgan fingerprint density at radius 3 is 2.69 bits per heavy atom. The summed E-state index contributed by atoms with van der Waals surface area (Å²) in [6.45, 7) is 8.70. The van der Waals surface area contributed by atoms with Gasteiger partial charge in [0.15, 0.2) is 0 Å². The monoisotopic (exact) mass is 220 g/mol. The van der Waals surface area contributed by atoms with Crippen LogP contribution >= 0.6 is 0 Å². The maximum absolute atomic E-state index is 12.9. The average molecular weight is 220 g/mol. The highest BCUT2D eigenvalue weighted by molar-refractivity contribution is 5.91. The van der Waals surface area contributed by atoms with Gasteiger partial charge in [-0.3, -0.25) is 4.79 Å². The average Bonchev–Trinajstić information content (AvgIpc) is 2.50. The highest BCUT2D eigenvalue weighted by Crippen LogP contribution is 2.56. The Kier molecular flexibility index (Phi) is 2.76. The number of fused-ring (bicyclic) bond motifs is 1. The van der Waals surface area contributed by atoms with Crippen molar-refractivity contribution in [1.82, 2.24) is 0 Å². The molecule has 90 valence electrons. The molecule has 3 atom stereocenters. The van der Waals surface area contributed by atoms with Gasteiger partial charge in [0, 0.05) is 10.8 Å². The van der Waals surface area contributed by atoms with Gasteiger partial charge in [0.2, 0.25) is 0 Å². The SMILES string of the molecule is CC[C@@]12C(=O)C(C)(C)CC=C[C@H]1CC[C@H]2C. The van der Waals surface area contributed by atoms with Gasteiger partial charge in [-0.15, -0.1) is 0 Å². The van der Waals surface area contributed by atoms with Crippen LogP contribution in [-0.2, 0) is 4.79 Å². The van der Waals surface area contributed by atoms with Crippen molar-refractivity contribution in [3.05, 3.63) is 12.2 Å². The van der Waals surface area contributed by atoms with Gasteiger partial charge in [-0.05, 0) is 37.5 Å². The third-order valence-corrected chi connectivity index (χ3v) is 5.07. The third-order valence-electron chi connectivity index (χ3n) is 5.07. The van der Waals surface area contributed by atoms with Crippen LogP contribution in [-0.4, -0.2) is 5.78 Å². The molecule has 0 unspecified atom stereocenters. The smallest absolute Gasteiger partial charge is 0.145 e. The van der Waals surface area contributed by atoms with Crippen molar-refractivity contribution in [2.45, 2.75) is 53.4 Å². The number of hydrogen-bond acceptors (Lipinski definition) is 1. The first kappa shape index (κ1) is 11.9. The standard InChI is InChI=1S/C15H24O/c1-5-15-11(2)8-9-12(15)7-6-10-14(3,4)13(15)16/h6-7,11-12H,5,8-10H2,1-4H3/t11-,12+,15+/m1/s1. The van der Waals surface area contributed by atoms with Crippen LogP contribution in [0.1, 0.15) is 53.4 Å². The molecule has 2 aliphatic rings. The fourth-order valence-corrected chi connectivity index (χ4v) is 3.99. The lowest BCUT2D eigenvalue weighted by molar-refractivity contribution is -0.141. The van der Waals surface area contributed by atoms with E-state index >= 15 is 0 Å². The second-order valence-corrected chi connectivity index (χ2v) is 6.32. The molecule has 16 heavy (non-hydrogen) atoms. The molecule has 0 heterocycles. The minimum atomic E-state index is -0.167. The Bertz CT molecular complexity index is 326. The van der Waals surface area contributed by atoms with E-state index in [9.17, 15) is 4.79 Å². The van der Waals surface area contributed by atoms with Crippen molar-refractivity contribution >= 4 is 5.78 Å². The van der Waals surface area contributed by atoms with E-state index in [1.54, 1.807) is 0 Å². The summed E-state index contributed by atoms with van der Waals surface area (Å²) in [5, 5.41) is 0. The van der Waals surface area contributed by atoms with Crippen LogP contribution in [0.5, 0.6) is 0 Å². The Balaban J connectivity index is 2.50. The summed E-state index contributed by atoms with van der Waals surface area (Å²) in [6, 6.07) is 0. The van der Waals surface area contributed by atoms with Crippen LogP contribution in [0.3, 0.4) is 0 Å². The summed E-state index contributed by atoms with van der Waals surface area (Å²) >= 11 is 0. The van der Waals surface area contributed by atoms with Crippen LogP contribution in [0.2, 0.25) is 0 Å². The minimum absolute atomic E-state index is 0.0590. The van der Waals surface area contributed by atoms with E-state index in [0.29, 0.717) is 17.6 Å². The Morgan fingerprint density at radius 1 is 1.38 bits per heavy atom. The lowest BCUT2D eigenvalue weighted by atomic mass is 9.62. The molecule has 0 saturated heterocycles. The molecule has 0 N–H and O–H groups in total. The molecule has 0 spiro atoms. The van der Waals surface area contributed by atoms with Gasteiger partial charge in [-0.25, -0.2) is 0 Å². The molecule has 0 aromatic heterocycles. The second kappa shape index (κ2) is 3.72. The summed E-state index contributed by atoms with van der Waals surface area (Å²) in [4.78, 5) is 12.9. The fraction of sp³-hybridized carbons (Fsp3) is 0.800. The molecule has 2 rings (SSSR count). The molecule has 0 amide bonds. The third kappa shape index (κ3) is 1.40. The van der Waals surface area contributed by atoms with Crippen LogP contribution < -0.4 is 0 Å². The maximum atomic E-state index is 12.9. The molecule has 0 aromatic carbocycles. The molecule has 0 bridgehead atoms. The van der Waals surface area contributed by atoms with Gasteiger partial charge in [-0.2, -0.15) is 0 Å². The van der Waals surface area contributed by atoms with Crippen LogP contribution in [0.25, 0.3) is 0 Å². The van der Waals surface area contributed by atoms with Crippen LogP contribution in [0.15, 0.2) is 12.2 Å². The van der Waals surface area contributed by atoms with Gasteiger partial charge >= 0.3 is 0 Å². The van der Waals surface area contributed by atoms with E-state index in [1.807, 2.05) is 0 Å². The van der Waals surface area contributed by atoms with Gasteiger partial charge < -0.3 is 0 Å². The fourth-order valence-electron chi connectivity index (χ4n) is 3.99. The van der Waals surface area contributed by atoms with E-state index in [0.717, 1.165) is 12.8 Å². The maximum Gasteiger partial charge on any atom is 0.145 e. The summed E-state index contributed by atoms with van der Waals surface area (Å²) in [7, 11) is 0. The Labute approximate surface area is 99.3 Å². The van der Waals surface area contributed by atoms with E-state index in [1.165, 1.54) is 12.8 Å². The minimum Gasteiger partial charge on any atom is -0.298 e. The first-order chi connectivity index (χ1) is 7.45. The van der Waals surface area contributed by atoms with Crippen LogP contribution in [0.4, 0.5) is 0 Å². The molecule has 0 aromatic rings. The molecule has 0 radical (unpaired) electrons. The normalized spacial score (nSPS) is 41.9. The Morgan fingerprint density at radius 2 is 2.06 bits per heavy atom. The molecular weight excluding hydrogens is 196 g/mol. The molecule has 1 saturated carbocycles. The Hall–Kier alpha value is -0.590. The number of allylic oxidation sites excluding steroid dienone is 2. The second-order valence-electron chi connectivity index (χ2n) is 6.32. The summed E-state index contributed by atoms with van der Waals surface area (Å²) in [5.74, 6) is 1.57. The largest absolute Gasteiger partial charge is 0.298 e. The predicted molar refractivity (Wildman–Crippen MR) is 67.2 cm³/mol. The lowest BCUT2D eigenvalue weighted by Gasteiger charge is -2.40. The zero-order valence-corrected chi connectivity index (χ0v) is 11.0. The molecule has 0 aliphatic heterocycles. The zero-order chi connectivity index (χ0) is 12.0. The first-order valence-corrected chi connectivity index (χ1v) is 6.66. The molecule has 1 heteroatoms. The van der Waals surface area contributed by atoms with Crippen molar-refractivity contribution < 1.29 is 4.79 Å².